The third-order valence-corrected chi connectivity index (χ3v) is 5.28. The maximum absolute atomic E-state index is 12.5. The van der Waals surface area contributed by atoms with Gasteiger partial charge in [-0.05, 0) is 31.3 Å². The molecule has 1 fully saturated rings. The van der Waals surface area contributed by atoms with Crippen molar-refractivity contribution in [3.05, 3.63) is 28.8 Å². The smallest absolute Gasteiger partial charge is 0.231 e. The van der Waals surface area contributed by atoms with E-state index >= 15 is 0 Å². The summed E-state index contributed by atoms with van der Waals surface area (Å²) in [4.78, 5) is 26.6. The first-order valence-corrected chi connectivity index (χ1v) is 9.59. The van der Waals surface area contributed by atoms with Gasteiger partial charge >= 0.3 is 0 Å². The normalized spacial score (nSPS) is 18.0. The topological polar surface area (TPSA) is 101 Å². The lowest BCUT2D eigenvalue weighted by molar-refractivity contribution is -0.126. The number of anilines is 1. The van der Waals surface area contributed by atoms with Crippen LogP contribution in [0.25, 0.3) is 0 Å². The summed E-state index contributed by atoms with van der Waals surface area (Å²) in [5, 5.41) is 9.85. The number of H-pyrrole nitrogens is 1. The lowest BCUT2D eigenvalue weighted by Gasteiger charge is -2.17. The highest BCUT2D eigenvalue weighted by molar-refractivity contribution is 7.71. The minimum Gasteiger partial charge on any atom is -0.454 e. The second-order valence-corrected chi connectivity index (χ2v) is 7.06. The Morgan fingerprint density at radius 2 is 2.21 bits per heavy atom. The van der Waals surface area contributed by atoms with E-state index in [1.165, 1.54) is 0 Å². The fourth-order valence-corrected chi connectivity index (χ4v) is 3.78. The van der Waals surface area contributed by atoms with Crippen LogP contribution < -0.4 is 19.7 Å². The van der Waals surface area contributed by atoms with Crippen LogP contribution in [0.1, 0.15) is 19.2 Å². The lowest BCUT2D eigenvalue weighted by Crippen LogP contribution is -2.34. The van der Waals surface area contributed by atoms with Crippen LogP contribution in [0, 0.1) is 10.7 Å². The summed E-state index contributed by atoms with van der Waals surface area (Å²) in [7, 11) is 0. The zero-order chi connectivity index (χ0) is 19.7. The van der Waals surface area contributed by atoms with Crippen molar-refractivity contribution in [1.29, 1.82) is 0 Å². The minimum atomic E-state index is -0.384. The van der Waals surface area contributed by atoms with Crippen LogP contribution in [0.3, 0.4) is 0 Å². The number of benzene rings is 1. The Morgan fingerprint density at radius 1 is 1.39 bits per heavy atom. The zero-order valence-electron chi connectivity index (χ0n) is 15.4. The summed E-state index contributed by atoms with van der Waals surface area (Å²) >= 11 is 5.16. The molecule has 2 amide bonds. The van der Waals surface area contributed by atoms with Crippen molar-refractivity contribution in [3.63, 3.8) is 0 Å². The van der Waals surface area contributed by atoms with E-state index in [2.05, 4.69) is 15.5 Å². The summed E-state index contributed by atoms with van der Waals surface area (Å²) in [5.74, 6) is 1.49. The van der Waals surface area contributed by atoms with Gasteiger partial charge in [0, 0.05) is 44.2 Å². The van der Waals surface area contributed by atoms with E-state index in [-0.39, 0.29) is 30.9 Å². The minimum absolute atomic E-state index is 0.0779. The number of carbonyl (C=O) groups excluding carboxylic acids is 2. The number of nitrogens with zero attached hydrogens (tertiary/aromatic N) is 3. The number of amides is 2. The molecule has 9 nitrogen and oxygen atoms in total. The Bertz CT molecular complexity index is 969. The van der Waals surface area contributed by atoms with Gasteiger partial charge < -0.3 is 24.3 Å². The average molecular weight is 403 g/mol. The van der Waals surface area contributed by atoms with Crippen LogP contribution in [0.2, 0.25) is 0 Å². The van der Waals surface area contributed by atoms with E-state index in [0.29, 0.717) is 41.5 Å². The number of rotatable bonds is 6. The van der Waals surface area contributed by atoms with E-state index in [9.17, 15) is 9.59 Å². The lowest BCUT2D eigenvalue weighted by atomic mass is 10.1. The van der Waals surface area contributed by atoms with Gasteiger partial charge in [0.15, 0.2) is 16.3 Å². The third kappa shape index (κ3) is 3.47. The highest BCUT2D eigenvalue weighted by Gasteiger charge is 2.35. The van der Waals surface area contributed by atoms with E-state index in [4.69, 9.17) is 21.7 Å². The molecule has 10 heteroatoms. The average Bonchev–Trinajstić information content (AvgIpc) is 3.39. The quantitative estimate of drug-likeness (QED) is 0.707. The van der Waals surface area contributed by atoms with Crippen molar-refractivity contribution in [1.82, 2.24) is 20.1 Å². The molecule has 0 aliphatic carbocycles. The van der Waals surface area contributed by atoms with Gasteiger partial charge in [-0.2, -0.15) is 5.10 Å². The summed E-state index contributed by atoms with van der Waals surface area (Å²) in [5.41, 5.74) is 0.711. The molecule has 0 spiro atoms. The molecule has 1 atom stereocenters. The molecular weight excluding hydrogens is 382 g/mol. The van der Waals surface area contributed by atoms with Crippen molar-refractivity contribution in [2.75, 3.05) is 24.8 Å². The highest BCUT2D eigenvalue weighted by atomic mass is 32.1. The summed E-state index contributed by atoms with van der Waals surface area (Å²) in [6, 6.07) is 5.35. The molecule has 1 saturated heterocycles. The first kappa shape index (κ1) is 18.5. The van der Waals surface area contributed by atoms with Crippen LogP contribution in [0.15, 0.2) is 18.2 Å². The highest BCUT2D eigenvalue weighted by Crippen LogP contribution is 2.37. The molecule has 3 heterocycles. The molecule has 1 aromatic carbocycles. The van der Waals surface area contributed by atoms with Gasteiger partial charge in [-0.1, -0.05) is 0 Å². The second kappa shape index (κ2) is 7.63. The van der Waals surface area contributed by atoms with Gasteiger partial charge in [-0.25, -0.2) is 0 Å². The zero-order valence-corrected chi connectivity index (χ0v) is 16.3. The van der Waals surface area contributed by atoms with Crippen molar-refractivity contribution in [3.8, 4) is 11.5 Å². The Kier molecular flexibility index (Phi) is 5.03. The molecule has 148 valence electrons. The first-order valence-electron chi connectivity index (χ1n) is 9.18. The van der Waals surface area contributed by atoms with Crippen LogP contribution >= 0.6 is 12.2 Å². The van der Waals surface area contributed by atoms with Crippen molar-refractivity contribution in [2.45, 2.75) is 26.3 Å². The number of ether oxygens (including phenoxy) is 2. The van der Waals surface area contributed by atoms with Gasteiger partial charge in [0.25, 0.3) is 0 Å². The van der Waals surface area contributed by atoms with Crippen molar-refractivity contribution < 1.29 is 19.1 Å². The Morgan fingerprint density at radius 3 is 3.04 bits per heavy atom. The predicted molar refractivity (Wildman–Crippen MR) is 103 cm³/mol. The Balaban J connectivity index is 1.34. The number of nitrogens with one attached hydrogen (secondary N) is 2. The summed E-state index contributed by atoms with van der Waals surface area (Å²) in [6.45, 7) is 3.67. The van der Waals surface area contributed by atoms with Crippen LogP contribution in [-0.4, -0.2) is 46.5 Å². The molecule has 2 aliphatic rings. The van der Waals surface area contributed by atoms with E-state index in [0.717, 1.165) is 12.4 Å². The van der Waals surface area contributed by atoms with Crippen molar-refractivity contribution in [2.24, 2.45) is 5.92 Å². The molecule has 1 aromatic heterocycles. The number of hydrogen-bond donors (Lipinski definition) is 2. The molecule has 4 rings (SSSR count). The molecule has 1 unspecified atom stereocenters. The molecule has 2 N–H and O–H groups in total. The van der Waals surface area contributed by atoms with Crippen LogP contribution in [-0.2, 0) is 22.6 Å². The van der Waals surface area contributed by atoms with E-state index in [1.807, 2.05) is 11.5 Å². The molecule has 0 radical (unpaired) electrons. The number of fused-ring (bicyclic) bond motifs is 1. The van der Waals surface area contributed by atoms with Gasteiger partial charge in [0.2, 0.25) is 18.6 Å². The van der Waals surface area contributed by atoms with Gasteiger partial charge in [0.05, 0.1) is 5.92 Å². The van der Waals surface area contributed by atoms with Gasteiger partial charge in [-0.15, -0.1) is 0 Å². The monoisotopic (exact) mass is 403 g/mol. The predicted octanol–water partition coefficient (Wildman–Crippen LogP) is 1.40. The maximum atomic E-state index is 12.5. The maximum Gasteiger partial charge on any atom is 0.231 e. The molecule has 2 aromatic rings. The second-order valence-electron chi connectivity index (χ2n) is 6.67. The van der Waals surface area contributed by atoms with Crippen molar-refractivity contribution >= 4 is 29.7 Å². The molecule has 2 aliphatic heterocycles. The van der Waals surface area contributed by atoms with Crippen LogP contribution in [0.4, 0.5) is 5.69 Å². The molecular formula is C18H21N5O4S. The van der Waals surface area contributed by atoms with E-state index in [1.54, 1.807) is 23.1 Å². The largest absolute Gasteiger partial charge is 0.454 e. The Hall–Kier alpha value is -2.88. The number of aromatic nitrogens is 3. The molecule has 0 bridgehead atoms. The SMILES string of the molecule is CCn1c(CCNC(=O)C2CC(=O)N(c3ccc4c(c3)OCO4)C2)n[nH]c1=S. The summed E-state index contributed by atoms with van der Waals surface area (Å²) in [6.07, 6.45) is 0.757. The fourth-order valence-electron chi connectivity index (χ4n) is 3.49. The number of hydrogen-bond acceptors (Lipinski definition) is 6. The van der Waals surface area contributed by atoms with Gasteiger partial charge in [-0.3, -0.25) is 14.7 Å². The first-order chi connectivity index (χ1) is 13.6. The molecule has 0 saturated carbocycles. The van der Waals surface area contributed by atoms with E-state index < -0.39 is 0 Å². The van der Waals surface area contributed by atoms with Gasteiger partial charge in [0.1, 0.15) is 5.82 Å². The number of carbonyl (C=O) groups is 2. The number of aromatic amines is 1. The standard InChI is InChI=1S/C18H21N5O4S/c1-2-22-15(20-21-18(22)28)5-6-19-17(25)11-7-16(24)23(9-11)12-3-4-13-14(8-12)27-10-26-13/h3-4,8,11H,2,5-7,9-10H2,1H3,(H,19,25)(H,21,28). The van der Waals surface area contributed by atoms with Crippen LogP contribution in [0.5, 0.6) is 11.5 Å². The fraction of sp³-hybridized carbons (Fsp3) is 0.444. The third-order valence-electron chi connectivity index (χ3n) is 4.97. The Labute approximate surface area is 166 Å². The molecule has 28 heavy (non-hydrogen) atoms. The summed E-state index contributed by atoms with van der Waals surface area (Å²) < 4.78 is 13.1.